The fraction of sp³-hybridized carbons (Fsp3) is 0.826. The number of unbranched alkanes of at least 4 members (excludes halogenated alkanes) is 55. The van der Waals surface area contributed by atoms with Crippen molar-refractivity contribution in [1.82, 2.24) is 0 Å². The third-order valence-corrected chi connectivity index (χ3v) is 20.9. The summed E-state index contributed by atoms with van der Waals surface area (Å²) in [4.78, 5) is 38.3. The molecule has 2 unspecified atom stereocenters. The second kappa shape index (κ2) is 82.3. The standard InChI is InChI=1S/C92H170NO8P/c1-6-8-10-12-14-16-18-20-22-24-26-28-30-32-34-36-38-40-42-44-45-46-47-49-50-52-54-56-58-60-62-64-66-68-70-72-74-76-78-80-82-84-91(94)98-88-90(89-100-102(96,97)99-87-86-93(3,4)5)101-92(95)85-83-81-79-77-75-73-71-69-67-65-63-61-59-57-55-53-51-48-43-41-39-37-35-33-31-29-27-25-23-21-19-17-15-13-11-9-7-2/h9,11,15,17,21,23-24,26-27,29,33,35,39,41,90H,6-8,10,12-14,16,18-20,22,25,28,30-32,34,36-38,40,42-89H2,1-5H3/b11-9-,17-15-,23-21-,26-24-,29-27-,35-33-,41-39-. The summed E-state index contributed by atoms with van der Waals surface area (Å²) < 4.78 is 34.5. The van der Waals surface area contributed by atoms with E-state index in [1.54, 1.807) is 0 Å². The van der Waals surface area contributed by atoms with Crippen molar-refractivity contribution >= 4 is 19.8 Å². The number of phosphoric ester groups is 1. The maximum absolute atomic E-state index is 12.9. The van der Waals surface area contributed by atoms with E-state index in [2.05, 4.69) is 98.9 Å². The highest BCUT2D eigenvalue weighted by molar-refractivity contribution is 7.45. The molecule has 0 aliphatic rings. The summed E-state index contributed by atoms with van der Waals surface area (Å²) >= 11 is 0. The molecule has 0 spiro atoms. The molecular weight excluding hydrogens is 1280 g/mol. The first-order valence-corrected chi connectivity index (χ1v) is 45.8. The van der Waals surface area contributed by atoms with E-state index in [4.69, 9.17) is 18.5 Å². The van der Waals surface area contributed by atoms with Gasteiger partial charge in [0.2, 0.25) is 0 Å². The molecule has 0 saturated heterocycles. The minimum absolute atomic E-state index is 0.0297. The van der Waals surface area contributed by atoms with Crippen LogP contribution in [0.2, 0.25) is 0 Å². The number of ether oxygens (including phenoxy) is 2. The molecule has 0 aliphatic heterocycles. The number of likely N-dealkylation sites (N-methyl/N-ethyl adjacent to an activating group) is 1. The zero-order chi connectivity index (χ0) is 74.0. The SMILES string of the molecule is CC/C=C\C/C=C\C/C=C\C/C=C\C/C=C\C/C=C\CCCCCCCCCCCCCCCCCCCCC(=O)OC(COC(=O)CCCCCCCCCCCCCCCCCCCCCCCCCCCCCCC/C=C\CCCCCCCCCC)COP(=O)([O-])OCC[N+](C)(C)C. The minimum atomic E-state index is -4.65. The predicted molar refractivity (Wildman–Crippen MR) is 443 cm³/mol. The molecule has 0 aromatic rings. The fourth-order valence-corrected chi connectivity index (χ4v) is 13.9. The molecule has 0 amide bonds. The van der Waals surface area contributed by atoms with Gasteiger partial charge in [-0.15, -0.1) is 0 Å². The Balaban J connectivity index is 3.87. The van der Waals surface area contributed by atoms with Crippen LogP contribution in [0.5, 0.6) is 0 Å². The van der Waals surface area contributed by atoms with Gasteiger partial charge in [0, 0.05) is 12.8 Å². The molecule has 0 fully saturated rings. The number of quaternary nitrogens is 1. The van der Waals surface area contributed by atoms with Crippen molar-refractivity contribution in [3.05, 3.63) is 85.1 Å². The van der Waals surface area contributed by atoms with Crippen LogP contribution in [0.3, 0.4) is 0 Å². The molecule has 2 atom stereocenters. The van der Waals surface area contributed by atoms with Gasteiger partial charge in [-0.1, -0.05) is 420 Å². The van der Waals surface area contributed by atoms with Crippen LogP contribution in [0.25, 0.3) is 0 Å². The summed E-state index contributed by atoms with van der Waals surface area (Å²) in [5, 5.41) is 0. The Labute approximate surface area is 634 Å². The van der Waals surface area contributed by atoms with Crippen LogP contribution in [-0.4, -0.2) is 70.0 Å². The predicted octanol–water partition coefficient (Wildman–Crippen LogP) is 29.3. The van der Waals surface area contributed by atoms with Crippen LogP contribution in [0.4, 0.5) is 0 Å². The minimum Gasteiger partial charge on any atom is -0.756 e. The highest BCUT2D eigenvalue weighted by Gasteiger charge is 2.22. The Bertz CT molecular complexity index is 2000. The highest BCUT2D eigenvalue weighted by atomic mass is 31.2. The highest BCUT2D eigenvalue weighted by Crippen LogP contribution is 2.38. The van der Waals surface area contributed by atoms with Gasteiger partial charge in [0.15, 0.2) is 6.10 Å². The summed E-state index contributed by atoms with van der Waals surface area (Å²) in [6.45, 7) is 4.19. The van der Waals surface area contributed by atoms with Gasteiger partial charge in [0.1, 0.15) is 19.8 Å². The van der Waals surface area contributed by atoms with Gasteiger partial charge in [-0.05, 0) is 89.9 Å². The zero-order valence-electron chi connectivity index (χ0n) is 68.3. The number of hydrogen-bond donors (Lipinski definition) is 0. The van der Waals surface area contributed by atoms with Crippen molar-refractivity contribution in [3.63, 3.8) is 0 Å². The molecular formula is C92H170NO8P. The average molecular weight is 1450 g/mol. The number of carbonyl (C=O) groups excluding carboxylic acids is 2. The van der Waals surface area contributed by atoms with E-state index in [1.165, 1.54) is 327 Å². The van der Waals surface area contributed by atoms with E-state index in [0.717, 1.165) is 77.0 Å². The molecule has 0 saturated carbocycles. The Morgan fingerprint density at radius 1 is 0.314 bits per heavy atom. The third kappa shape index (κ3) is 86.1. The largest absolute Gasteiger partial charge is 0.756 e. The summed E-state index contributed by atoms with van der Waals surface area (Å²) in [5.41, 5.74) is 0. The zero-order valence-corrected chi connectivity index (χ0v) is 69.2. The van der Waals surface area contributed by atoms with Crippen molar-refractivity contribution in [2.24, 2.45) is 0 Å². The van der Waals surface area contributed by atoms with Gasteiger partial charge in [0.05, 0.1) is 27.7 Å². The van der Waals surface area contributed by atoms with Crippen LogP contribution < -0.4 is 4.89 Å². The molecule has 0 aromatic carbocycles. The first kappa shape index (κ1) is 99.2. The Morgan fingerprint density at radius 2 is 0.559 bits per heavy atom. The maximum Gasteiger partial charge on any atom is 0.306 e. The Kier molecular flexibility index (Phi) is 80.0. The van der Waals surface area contributed by atoms with Crippen molar-refractivity contribution in [2.45, 2.75) is 444 Å². The second-order valence-corrected chi connectivity index (χ2v) is 32.6. The van der Waals surface area contributed by atoms with Crippen LogP contribution in [0.15, 0.2) is 85.1 Å². The molecule has 10 heteroatoms. The summed E-state index contributed by atoms with van der Waals surface area (Å²) in [7, 11) is 1.18. The second-order valence-electron chi connectivity index (χ2n) is 31.2. The van der Waals surface area contributed by atoms with Crippen LogP contribution in [0, 0.1) is 0 Å². The Morgan fingerprint density at radius 3 is 0.843 bits per heavy atom. The van der Waals surface area contributed by atoms with Crippen molar-refractivity contribution in [2.75, 3.05) is 47.5 Å². The van der Waals surface area contributed by atoms with Gasteiger partial charge < -0.3 is 27.9 Å². The van der Waals surface area contributed by atoms with E-state index >= 15 is 0 Å². The Hall–Kier alpha value is -2.81. The lowest BCUT2D eigenvalue weighted by Crippen LogP contribution is -2.37. The first-order valence-electron chi connectivity index (χ1n) is 44.3. The molecule has 0 aromatic heterocycles. The molecule has 102 heavy (non-hydrogen) atoms. The molecule has 0 aliphatic carbocycles. The number of hydrogen-bond acceptors (Lipinski definition) is 8. The monoisotopic (exact) mass is 1450 g/mol. The quantitative estimate of drug-likeness (QED) is 0.0195. The van der Waals surface area contributed by atoms with Gasteiger partial charge in [0.25, 0.3) is 7.82 Å². The number of phosphoric acid groups is 1. The van der Waals surface area contributed by atoms with E-state index in [1.807, 2.05) is 21.1 Å². The number of carbonyl (C=O) groups is 2. The van der Waals surface area contributed by atoms with Crippen LogP contribution in [-0.2, 0) is 32.7 Å². The van der Waals surface area contributed by atoms with E-state index in [-0.39, 0.29) is 32.0 Å². The van der Waals surface area contributed by atoms with Crippen molar-refractivity contribution < 1.29 is 42.1 Å². The van der Waals surface area contributed by atoms with Gasteiger partial charge in [-0.2, -0.15) is 0 Å². The lowest BCUT2D eigenvalue weighted by Gasteiger charge is -2.28. The number of esters is 2. The molecule has 0 heterocycles. The third-order valence-electron chi connectivity index (χ3n) is 19.9. The molecule has 0 rings (SSSR count). The maximum atomic E-state index is 12.9. The van der Waals surface area contributed by atoms with E-state index in [9.17, 15) is 19.0 Å². The van der Waals surface area contributed by atoms with Crippen LogP contribution >= 0.6 is 7.82 Å². The summed E-state index contributed by atoms with van der Waals surface area (Å²) in [5.74, 6) is -0.811. The average Bonchev–Trinajstić information content (AvgIpc) is 0.913. The first-order chi connectivity index (χ1) is 50.0. The topological polar surface area (TPSA) is 111 Å². The van der Waals surface area contributed by atoms with Crippen molar-refractivity contribution in [1.29, 1.82) is 0 Å². The number of rotatable bonds is 83. The van der Waals surface area contributed by atoms with Gasteiger partial charge in [-0.25, -0.2) is 0 Å². The lowest BCUT2D eigenvalue weighted by atomic mass is 10.0. The molecule has 9 nitrogen and oxygen atoms in total. The summed E-state index contributed by atoms with van der Waals surface area (Å²) in [6, 6.07) is 0. The number of allylic oxidation sites excluding steroid dienone is 14. The fourth-order valence-electron chi connectivity index (χ4n) is 13.2. The van der Waals surface area contributed by atoms with Gasteiger partial charge >= 0.3 is 11.9 Å². The molecule has 0 radical (unpaired) electrons. The smallest absolute Gasteiger partial charge is 0.306 e. The lowest BCUT2D eigenvalue weighted by molar-refractivity contribution is -0.870. The van der Waals surface area contributed by atoms with Gasteiger partial charge in [-0.3, -0.25) is 14.2 Å². The molecule has 596 valence electrons. The normalized spacial score (nSPS) is 13.4. The number of nitrogens with zero attached hydrogens (tertiary/aromatic N) is 1. The van der Waals surface area contributed by atoms with E-state index < -0.39 is 26.5 Å². The van der Waals surface area contributed by atoms with Crippen molar-refractivity contribution in [3.8, 4) is 0 Å². The van der Waals surface area contributed by atoms with E-state index in [0.29, 0.717) is 17.4 Å². The summed E-state index contributed by atoms with van der Waals surface area (Å²) in [6.07, 6.45) is 115. The molecule has 0 N–H and O–H groups in total. The molecule has 0 bridgehead atoms. The van der Waals surface area contributed by atoms with Crippen LogP contribution in [0.1, 0.15) is 438 Å².